The fourth-order valence-corrected chi connectivity index (χ4v) is 1.56. The van der Waals surface area contributed by atoms with Crippen molar-refractivity contribution in [3.05, 3.63) is 23.8 Å². The summed E-state index contributed by atoms with van der Waals surface area (Å²) in [6.07, 6.45) is 0.120. The molecule has 0 aliphatic heterocycles. The van der Waals surface area contributed by atoms with E-state index in [1.54, 1.807) is 25.1 Å². The summed E-state index contributed by atoms with van der Waals surface area (Å²) in [4.78, 5) is 23.1. The molecule has 0 fully saturated rings. The van der Waals surface area contributed by atoms with Gasteiger partial charge in [-0.3, -0.25) is 9.59 Å². The quantitative estimate of drug-likeness (QED) is 0.591. The van der Waals surface area contributed by atoms with Crippen molar-refractivity contribution in [2.45, 2.75) is 13.3 Å². The number of hydrogen-bond acceptors (Lipinski definition) is 5. The Balaban J connectivity index is 2.61. The highest BCUT2D eigenvalue weighted by Gasteiger charge is 2.15. The van der Waals surface area contributed by atoms with E-state index in [9.17, 15) is 9.59 Å². The highest BCUT2D eigenvalue weighted by Crippen LogP contribution is 2.23. The molecule has 19 heavy (non-hydrogen) atoms. The molecule has 0 radical (unpaired) electrons. The van der Waals surface area contributed by atoms with E-state index in [1.807, 2.05) is 0 Å². The van der Waals surface area contributed by atoms with Crippen molar-refractivity contribution >= 4 is 17.6 Å². The standard InChI is InChI=1S/C13H18N2O4/c1-3-19-11(16)7-8-15-13(17)12-9(14)5-4-6-10(12)18-2/h4-6H,3,7-8,14H2,1-2H3,(H,15,17). The number of nitrogens with two attached hydrogens (primary N) is 1. The zero-order valence-corrected chi connectivity index (χ0v) is 11.1. The molecule has 0 saturated heterocycles. The molecule has 0 spiro atoms. The second kappa shape index (κ2) is 7.25. The molecule has 6 heteroatoms. The van der Waals surface area contributed by atoms with Gasteiger partial charge in [0.2, 0.25) is 0 Å². The summed E-state index contributed by atoms with van der Waals surface area (Å²) in [5.41, 5.74) is 6.34. The first kappa shape index (κ1) is 14.8. The minimum absolute atomic E-state index is 0.120. The molecule has 0 aliphatic rings. The zero-order valence-electron chi connectivity index (χ0n) is 11.1. The lowest BCUT2D eigenvalue weighted by atomic mass is 10.1. The fraction of sp³-hybridized carbons (Fsp3) is 0.385. The molecule has 1 aromatic rings. The predicted octanol–water partition coefficient (Wildman–Crippen LogP) is 0.960. The average molecular weight is 266 g/mol. The van der Waals surface area contributed by atoms with E-state index in [1.165, 1.54) is 7.11 Å². The van der Waals surface area contributed by atoms with Gasteiger partial charge in [-0.2, -0.15) is 0 Å². The van der Waals surface area contributed by atoms with Gasteiger partial charge in [0, 0.05) is 12.2 Å². The Labute approximate surface area is 111 Å². The number of esters is 1. The van der Waals surface area contributed by atoms with Crippen molar-refractivity contribution in [1.82, 2.24) is 5.32 Å². The molecule has 3 N–H and O–H groups in total. The summed E-state index contributed by atoms with van der Waals surface area (Å²) in [6.45, 7) is 2.24. The second-order valence-corrected chi connectivity index (χ2v) is 3.74. The third-order valence-corrected chi connectivity index (χ3v) is 2.43. The number of nitrogen functional groups attached to an aromatic ring is 1. The van der Waals surface area contributed by atoms with Crippen molar-refractivity contribution in [1.29, 1.82) is 0 Å². The molecule has 1 amide bonds. The zero-order chi connectivity index (χ0) is 14.3. The minimum Gasteiger partial charge on any atom is -0.496 e. The molecule has 0 saturated carbocycles. The van der Waals surface area contributed by atoms with Crippen LogP contribution in [0.15, 0.2) is 18.2 Å². The van der Waals surface area contributed by atoms with E-state index in [4.69, 9.17) is 15.2 Å². The van der Waals surface area contributed by atoms with Crippen LogP contribution in [0, 0.1) is 0 Å². The largest absolute Gasteiger partial charge is 0.496 e. The minimum atomic E-state index is -0.376. The monoisotopic (exact) mass is 266 g/mol. The molecule has 0 atom stereocenters. The van der Waals surface area contributed by atoms with Gasteiger partial charge < -0.3 is 20.5 Å². The van der Waals surface area contributed by atoms with Crippen LogP contribution >= 0.6 is 0 Å². The van der Waals surface area contributed by atoms with Crippen LogP contribution < -0.4 is 15.8 Å². The van der Waals surface area contributed by atoms with Gasteiger partial charge in [0.15, 0.2) is 0 Å². The van der Waals surface area contributed by atoms with Gasteiger partial charge in [-0.25, -0.2) is 0 Å². The van der Waals surface area contributed by atoms with Crippen LogP contribution in [0.2, 0.25) is 0 Å². The average Bonchev–Trinajstić information content (AvgIpc) is 2.38. The molecule has 1 aromatic carbocycles. The molecule has 6 nitrogen and oxygen atoms in total. The number of carbonyl (C=O) groups is 2. The lowest BCUT2D eigenvalue weighted by Crippen LogP contribution is -2.27. The number of nitrogens with one attached hydrogen (secondary N) is 1. The van der Waals surface area contributed by atoms with Crippen molar-refractivity contribution in [2.75, 3.05) is 26.0 Å². The maximum absolute atomic E-state index is 12.0. The first-order chi connectivity index (χ1) is 9.10. The number of methoxy groups -OCH3 is 1. The number of rotatable bonds is 6. The van der Waals surface area contributed by atoms with E-state index >= 15 is 0 Å². The predicted molar refractivity (Wildman–Crippen MR) is 71.0 cm³/mol. The Bertz CT molecular complexity index is 460. The van der Waals surface area contributed by atoms with E-state index in [2.05, 4.69) is 5.32 Å². The molecule has 0 unspecified atom stereocenters. The topological polar surface area (TPSA) is 90.7 Å². The molecular formula is C13H18N2O4. The second-order valence-electron chi connectivity index (χ2n) is 3.74. The maximum atomic E-state index is 12.0. The maximum Gasteiger partial charge on any atom is 0.307 e. The van der Waals surface area contributed by atoms with Crippen molar-refractivity contribution in [2.24, 2.45) is 0 Å². The van der Waals surface area contributed by atoms with E-state index in [-0.39, 0.29) is 30.4 Å². The molecule has 0 aromatic heterocycles. The summed E-state index contributed by atoms with van der Waals surface area (Å²) in [5.74, 6) is -0.330. The van der Waals surface area contributed by atoms with Gasteiger partial charge >= 0.3 is 5.97 Å². The molecular weight excluding hydrogens is 248 g/mol. The molecule has 0 heterocycles. The number of carbonyl (C=O) groups excluding carboxylic acids is 2. The van der Waals surface area contributed by atoms with Crippen LogP contribution in [0.3, 0.4) is 0 Å². The Morgan fingerprint density at radius 3 is 2.74 bits per heavy atom. The van der Waals surface area contributed by atoms with E-state index in [0.29, 0.717) is 18.0 Å². The van der Waals surface area contributed by atoms with Gasteiger partial charge in [0.05, 0.1) is 20.1 Å². The number of hydrogen-bond donors (Lipinski definition) is 2. The molecule has 0 aliphatic carbocycles. The van der Waals surface area contributed by atoms with Crippen LogP contribution in [0.1, 0.15) is 23.7 Å². The summed E-state index contributed by atoms with van der Waals surface area (Å²) in [7, 11) is 1.46. The highest BCUT2D eigenvalue weighted by atomic mass is 16.5. The first-order valence-corrected chi connectivity index (χ1v) is 5.96. The first-order valence-electron chi connectivity index (χ1n) is 5.96. The van der Waals surface area contributed by atoms with E-state index in [0.717, 1.165) is 0 Å². The van der Waals surface area contributed by atoms with Gasteiger partial charge in [-0.1, -0.05) is 6.07 Å². The van der Waals surface area contributed by atoms with Gasteiger partial charge in [0.25, 0.3) is 5.91 Å². The molecule has 1 rings (SSSR count). The van der Waals surface area contributed by atoms with Crippen molar-refractivity contribution < 1.29 is 19.1 Å². The van der Waals surface area contributed by atoms with Crippen molar-refractivity contribution in [3.63, 3.8) is 0 Å². The summed E-state index contributed by atoms with van der Waals surface area (Å²) in [5, 5.41) is 2.60. The van der Waals surface area contributed by atoms with Crippen LogP contribution in [-0.2, 0) is 9.53 Å². The summed E-state index contributed by atoms with van der Waals surface area (Å²) < 4.78 is 9.84. The van der Waals surface area contributed by atoms with Gasteiger partial charge in [-0.05, 0) is 19.1 Å². The smallest absolute Gasteiger partial charge is 0.307 e. The van der Waals surface area contributed by atoms with E-state index < -0.39 is 0 Å². The van der Waals surface area contributed by atoms with Crippen LogP contribution in [-0.4, -0.2) is 32.1 Å². The third kappa shape index (κ3) is 4.17. The van der Waals surface area contributed by atoms with Crippen LogP contribution in [0.5, 0.6) is 5.75 Å². The fourth-order valence-electron chi connectivity index (χ4n) is 1.56. The third-order valence-electron chi connectivity index (χ3n) is 2.43. The Hall–Kier alpha value is -2.24. The normalized spacial score (nSPS) is 9.79. The Kier molecular flexibility index (Phi) is 5.66. The SMILES string of the molecule is CCOC(=O)CCNC(=O)c1c(N)cccc1OC. The molecule has 0 bridgehead atoms. The summed E-state index contributed by atoms with van der Waals surface area (Å²) in [6, 6.07) is 4.96. The number of anilines is 1. The summed E-state index contributed by atoms with van der Waals surface area (Å²) >= 11 is 0. The lowest BCUT2D eigenvalue weighted by Gasteiger charge is -2.11. The van der Waals surface area contributed by atoms with Gasteiger partial charge in [0.1, 0.15) is 11.3 Å². The Morgan fingerprint density at radius 1 is 1.37 bits per heavy atom. The number of amides is 1. The lowest BCUT2D eigenvalue weighted by molar-refractivity contribution is -0.142. The number of benzene rings is 1. The highest BCUT2D eigenvalue weighted by molar-refractivity contribution is 6.01. The molecule has 104 valence electrons. The van der Waals surface area contributed by atoms with Crippen LogP contribution in [0.25, 0.3) is 0 Å². The van der Waals surface area contributed by atoms with Gasteiger partial charge in [-0.15, -0.1) is 0 Å². The Morgan fingerprint density at radius 2 is 2.11 bits per heavy atom. The van der Waals surface area contributed by atoms with Crippen LogP contribution in [0.4, 0.5) is 5.69 Å². The number of ether oxygens (including phenoxy) is 2. The van der Waals surface area contributed by atoms with Crippen molar-refractivity contribution in [3.8, 4) is 5.75 Å².